The molecule has 0 spiro atoms. The predicted octanol–water partition coefficient (Wildman–Crippen LogP) is 3.03. The molecule has 1 aliphatic rings. The van der Waals surface area contributed by atoms with Gasteiger partial charge in [-0.3, -0.25) is 9.20 Å². The number of carbonyl (C=O) groups excluding carboxylic acids is 1. The van der Waals surface area contributed by atoms with Gasteiger partial charge < -0.3 is 4.90 Å². The first-order chi connectivity index (χ1) is 11.7. The number of fused-ring (bicyclic) bond motifs is 3. The van der Waals surface area contributed by atoms with Crippen molar-refractivity contribution < 1.29 is 4.79 Å². The van der Waals surface area contributed by atoms with Gasteiger partial charge in [0, 0.05) is 19.3 Å². The topological polar surface area (TPSA) is 63.4 Å². The summed E-state index contributed by atoms with van der Waals surface area (Å²) in [7, 11) is 0. The third kappa shape index (κ3) is 2.33. The fourth-order valence-corrected chi connectivity index (χ4v) is 3.48. The lowest BCUT2D eigenvalue weighted by Crippen LogP contribution is -2.36. The maximum atomic E-state index is 13.0. The average molecular weight is 323 g/mol. The van der Waals surface area contributed by atoms with E-state index >= 15 is 0 Å². The number of amides is 1. The Balaban J connectivity index is 1.93. The molecule has 1 amide bonds. The molecular weight excluding hydrogens is 302 g/mol. The molecule has 0 aromatic carbocycles. The number of pyridine rings is 1. The van der Waals surface area contributed by atoms with Gasteiger partial charge in [0.15, 0.2) is 17.0 Å². The highest BCUT2D eigenvalue weighted by Crippen LogP contribution is 2.26. The second-order valence-corrected chi connectivity index (χ2v) is 6.65. The van der Waals surface area contributed by atoms with E-state index in [-0.39, 0.29) is 11.8 Å². The lowest BCUT2D eigenvalue weighted by molar-refractivity contribution is 0.0717. The summed E-state index contributed by atoms with van der Waals surface area (Å²) in [5.41, 5.74) is 3.72. The van der Waals surface area contributed by atoms with Gasteiger partial charge in [-0.2, -0.15) is 0 Å². The van der Waals surface area contributed by atoms with Gasteiger partial charge in [-0.05, 0) is 37.3 Å². The first-order valence-electron chi connectivity index (χ1n) is 8.58. The summed E-state index contributed by atoms with van der Waals surface area (Å²) >= 11 is 0. The van der Waals surface area contributed by atoms with Crippen LogP contribution in [0, 0.1) is 0 Å². The van der Waals surface area contributed by atoms with Gasteiger partial charge >= 0.3 is 0 Å². The fourth-order valence-electron chi connectivity index (χ4n) is 3.48. The summed E-state index contributed by atoms with van der Waals surface area (Å²) in [6.45, 7) is 5.82. The largest absolute Gasteiger partial charge is 0.337 e. The minimum atomic E-state index is 0.0335. The van der Waals surface area contributed by atoms with Crippen molar-refractivity contribution in [3.63, 3.8) is 0 Å². The molecule has 6 nitrogen and oxygen atoms in total. The Morgan fingerprint density at radius 3 is 2.71 bits per heavy atom. The zero-order chi connectivity index (χ0) is 16.7. The third-order valence-corrected chi connectivity index (χ3v) is 4.63. The lowest BCUT2D eigenvalue weighted by atomic mass is 10.1. The van der Waals surface area contributed by atoms with Crippen molar-refractivity contribution in [3.8, 4) is 0 Å². The molecule has 124 valence electrons. The monoisotopic (exact) mass is 323 g/mol. The number of aromatic nitrogens is 4. The highest BCUT2D eigenvalue weighted by atomic mass is 16.2. The maximum absolute atomic E-state index is 13.0. The Labute approximate surface area is 140 Å². The summed E-state index contributed by atoms with van der Waals surface area (Å²) in [5, 5.41) is 0. The van der Waals surface area contributed by atoms with Gasteiger partial charge in [0.25, 0.3) is 5.91 Å². The molecule has 0 aliphatic carbocycles. The van der Waals surface area contributed by atoms with E-state index < -0.39 is 0 Å². The summed E-state index contributed by atoms with van der Waals surface area (Å²) in [4.78, 5) is 28.5. The molecule has 0 radical (unpaired) electrons. The van der Waals surface area contributed by atoms with E-state index in [9.17, 15) is 4.79 Å². The molecule has 0 unspecified atom stereocenters. The van der Waals surface area contributed by atoms with E-state index in [4.69, 9.17) is 0 Å². The maximum Gasteiger partial charge on any atom is 0.274 e. The molecule has 6 heteroatoms. The summed E-state index contributed by atoms with van der Waals surface area (Å²) < 4.78 is 1.99. The van der Waals surface area contributed by atoms with Crippen LogP contribution in [0.4, 0.5) is 0 Å². The molecule has 1 saturated heterocycles. The molecule has 0 bridgehead atoms. The Hall–Kier alpha value is -2.50. The van der Waals surface area contributed by atoms with Crippen molar-refractivity contribution in [2.45, 2.75) is 39.0 Å². The number of hydrogen-bond donors (Lipinski definition) is 0. The first kappa shape index (κ1) is 15.1. The number of carbonyl (C=O) groups is 1. The molecule has 0 saturated carbocycles. The van der Waals surface area contributed by atoms with Crippen LogP contribution in [0.15, 0.2) is 24.5 Å². The van der Waals surface area contributed by atoms with Gasteiger partial charge in [-0.1, -0.05) is 13.8 Å². The van der Waals surface area contributed by atoms with Gasteiger partial charge in [0.2, 0.25) is 0 Å². The molecular formula is C18H21N5O. The summed E-state index contributed by atoms with van der Waals surface area (Å²) in [6.07, 6.45) is 6.82. The van der Waals surface area contributed by atoms with Crippen molar-refractivity contribution in [1.29, 1.82) is 0 Å². The Morgan fingerprint density at radius 2 is 1.96 bits per heavy atom. The minimum absolute atomic E-state index is 0.0335. The van der Waals surface area contributed by atoms with Crippen molar-refractivity contribution >= 4 is 22.7 Å². The van der Waals surface area contributed by atoms with Crippen LogP contribution in [-0.2, 0) is 0 Å². The molecule has 4 heterocycles. The average Bonchev–Trinajstić information content (AvgIpc) is 3.02. The lowest BCUT2D eigenvalue weighted by Gasteiger charge is -2.26. The number of likely N-dealkylation sites (tertiary alicyclic amines) is 1. The fraction of sp³-hybridized carbons (Fsp3) is 0.444. The Morgan fingerprint density at radius 1 is 1.17 bits per heavy atom. The van der Waals surface area contributed by atoms with E-state index in [2.05, 4.69) is 28.8 Å². The Bertz CT molecular complexity index is 908. The Kier molecular flexibility index (Phi) is 3.67. The second kappa shape index (κ2) is 5.85. The number of imidazole rings is 1. The smallest absolute Gasteiger partial charge is 0.274 e. The molecule has 1 fully saturated rings. The van der Waals surface area contributed by atoms with Crippen LogP contribution in [0.1, 0.15) is 55.2 Å². The quantitative estimate of drug-likeness (QED) is 0.727. The van der Waals surface area contributed by atoms with E-state index in [0.717, 1.165) is 42.8 Å². The molecule has 3 aromatic rings. The number of nitrogens with zero attached hydrogens (tertiary/aromatic N) is 5. The molecule has 24 heavy (non-hydrogen) atoms. The normalized spacial score (nSPS) is 15.5. The van der Waals surface area contributed by atoms with Gasteiger partial charge in [-0.25, -0.2) is 15.0 Å². The highest BCUT2D eigenvalue weighted by Gasteiger charge is 2.27. The van der Waals surface area contributed by atoms with Crippen molar-refractivity contribution in [2.24, 2.45) is 0 Å². The van der Waals surface area contributed by atoms with Crippen molar-refractivity contribution in [2.75, 3.05) is 13.1 Å². The van der Waals surface area contributed by atoms with Crippen LogP contribution in [0.5, 0.6) is 0 Å². The number of rotatable bonds is 2. The van der Waals surface area contributed by atoms with Crippen molar-refractivity contribution in [3.05, 3.63) is 35.9 Å². The van der Waals surface area contributed by atoms with Crippen LogP contribution in [0.3, 0.4) is 0 Å². The van der Waals surface area contributed by atoms with E-state index in [0.29, 0.717) is 11.3 Å². The predicted molar refractivity (Wildman–Crippen MR) is 92.1 cm³/mol. The van der Waals surface area contributed by atoms with Crippen LogP contribution in [0.2, 0.25) is 0 Å². The zero-order valence-electron chi connectivity index (χ0n) is 14.1. The standard InChI is InChI=1S/C18H21N5O/c1-12(2)16-15(18(24)22-9-4-3-5-10-22)21-14-11-20-13-7-6-8-19-17(13)23(14)16/h6-8,11-12H,3-5,9-10H2,1-2H3. The highest BCUT2D eigenvalue weighted by molar-refractivity contribution is 5.95. The number of hydrogen-bond acceptors (Lipinski definition) is 4. The molecule has 3 aromatic heterocycles. The van der Waals surface area contributed by atoms with Gasteiger partial charge in [0.1, 0.15) is 5.52 Å². The molecule has 0 atom stereocenters. The SMILES string of the molecule is CC(C)c1c(C(=O)N2CCCCC2)nc2cnc3cccnc3n12. The van der Waals surface area contributed by atoms with Crippen LogP contribution in [-0.4, -0.2) is 43.2 Å². The molecule has 0 N–H and O–H groups in total. The van der Waals surface area contributed by atoms with Crippen molar-refractivity contribution in [1.82, 2.24) is 24.3 Å². The minimum Gasteiger partial charge on any atom is -0.337 e. The van der Waals surface area contributed by atoms with Crippen LogP contribution in [0.25, 0.3) is 16.8 Å². The molecule has 1 aliphatic heterocycles. The summed E-state index contributed by atoms with van der Waals surface area (Å²) in [5.74, 6) is 0.197. The van der Waals surface area contributed by atoms with E-state index in [1.807, 2.05) is 21.4 Å². The number of piperidine rings is 1. The molecule has 4 rings (SSSR count). The third-order valence-electron chi connectivity index (χ3n) is 4.63. The zero-order valence-corrected chi connectivity index (χ0v) is 14.1. The van der Waals surface area contributed by atoms with E-state index in [1.54, 1.807) is 12.4 Å². The van der Waals surface area contributed by atoms with Gasteiger partial charge in [-0.15, -0.1) is 0 Å². The van der Waals surface area contributed by atoms with Gasteiger partial charge in [0.05, 0.1) is 11.9 Å². The van der Waals surface area contributed by atoms with Crippen LogP contribution >= 0.6 is 0 Å². The van der Waals surface area contributed by atoms with E-state index in [1.165, 1.54) is 6.42 Å². The van der Waals surface area contributed by atoms with Crippen LogP contribution < -0.4 is 0 Å². The summed E-state index contributed by atoms with van der Waals surface area (Å²) in [6, 6.07) is 3.80. The second-order valence-electron chi connectivity index (χ2n) is 6.65. The first-order valence-corrected chi connectivity index (χ1v) is 8.58.